The van der Waals surface area contributed by atoms with E-state index < -0.39 is 0 Å². The van der Waals surface area contributed by atoms with Gasteiger partial charge in [-0.1, -0.05) is 13.3 Å². The third kappa shape index (κ3) is 4.51. The van der Waals surface area contributed by atoms with Crippen LogP contribution >= 0.6 is 23.6 Å². The molecule has 0 atom stereocenters. The average molecular weight is 368 g/mol. The van der Waals surface area contributed by atoms with Crippen molar-refractivity contribution in [3.63, 3.8) is 0 Å². The van der Waals surface area contributed by atoms with Gasteiger partial charge in [-0.2, -0.15) is 0 Å². The molecule has 0 aliphatic heterocycles. The van der Waals surface area contributed by atoms with Crippen LogP contribution in [0.3, 0.4) is 0 Å². The molecule has 1 amide bonds. The van der Waals surface area contributed by atoms with Gasteiger partial charge in [0.1, 0.15) is 10.7 Å². The number of hydrogen-bond acceptors (Lipinski definition) is 5. The predicted octanol–water partition coefficient (Wildman–Crippen LogP) is 1.44. The Balaban J connectivity index is 1.96. The molecule has 2 aromatic heterocycles. The molecule has 0 aromatic carbocycles. The molecular formula is C15H21N5O2S2. The third-order valence-electron chi connectivity index (χ3n) is 3.55. The summed E-state index contributed by atoms with van der Waals surface area (Å²) in [6.07, 6.45) is 2.03. The van der Waals surface area contributed by atoms with Crippen LogP contribution in [0.4, 0.5) is 0 Å². The number of hydrogen-bond donors (Lipinski definition) is 4. The van der Waals surface area contributed by atoms with E-state index in [1.54, 1.807) is 0 Å². The van der Waals surface area contributed by atoms with Crippen molar-refractivity contribution >= 4 is 44.8 Å². The summed E-state index contributed by atoms with van der Waals surface area (Å²) >= 11 is 6.50. The lowest BCUT2D eigenvalue weighted by Crippen LogP contribution is -2.47. The zero-order valence-electron chi connectivity index (χ0n) is 13.9. The highest BCUT2D eigenvalue weighted by Gasteiger charge is 2.13. The van der Waals surface area contributed by atoms with E-state index >= 15 is 0 Å². The lowest BCUT2D eigenvalue weighted by atomic mass is 10.2. The lowest BCUT2D eigenvalue weighted by Gasteiger charge is -2.11. The zero-order chi connectivity index (χ0) is 17.7. The number of aromatic nitrogens is 2. The Morgan fingerprint density at radius 2 is 2.08 bits per heavy atom. The summed E-state index contributed by atoms with van der Waals surface area (Å²) in [5.41, 5.74) is 5.84. The second-order valence-electron chi connectivity index (χ2n) is 5.44. The summed E-state index contributed by atoms with van der Waals surface area (Å²) in [6, 6.07) is 0. The second kappa shape index (κ2) is 8.20. The number of carbonyl (C=O) groups excluding carboxylic acids is 1. The van der Waals surface area contributed by atoms with E-state index in [0.29, 0.717) is 21.2 Å². The van der Waals surface area contributed by atoms with E-state index in [-0.39, 0.29) is 17.9 Å². The van der Waals surface area contributed by atoms with Gasteiger partial charge < -0.3 is 10.3 Å². The van der Waals surface area contributed by atoms with Crippen molar-refractivity contribution < 1.29 is 4.79 Å². The summed E-state index contributed by atoms with van der Waals surface area (Å²) < 4.78 is 0. The molecule has 0 unspecified atom stereocenters. The normalized spacial score (nSPS) is 10.6. The van der Waals surface area contributed by atoms with Crippen LogP contribution in [0, 0.1) is 13.8 Å². The van der Waals surface area contributed by atoms with Gasteiger partial charge in [-0.15, -0.1) is 11.3 Å². The van der Waals surface area contributed by atoms with Gasteiger partial charge in [0.15, 0.2) is 5.11 Å². The number of aromatic amines is 1. The van der Waals surface area contributed by atoms with Crippen molar-refractivity contribution in [2.45, 2.75) is 40.0 Å². The first-order valence-electron chi connectivity index (χ1n) is 7.74. The van der Waals surface area contributed by atoms with Gasteiger partial charge in [0.25, 0.3) is 5.56 Å². The van der Waals surface area contributed by atoms with Crippen molar-refractivity contribution in [1.29, 1.82) is 0 Å². The molecule has 0 fully saturated rings. The van der Waals surface area contributed by atoms with Gasteiger partial charge in [-0.3, -0.25) is 20.4 Å². The first-order valence-corrected chi connectivity index (χ1v) is 8.96. The van der Waals surface area contributed by atoms with Gasteiger partial charge >= 0.3 is 0 Å². The van der Waals surface area contributed by atoms with Gasteiger partial charge in [0.05, 0.1) is 11.8 Å². The number of aryl methyl sites for hydroxylation is 2. The molecule has 4 N–H and O–H groups in total. The fourth-order valence-electron chi connectivity index (χ4n) is 2.13. The molecule has 0 aliphatic carbocycles. The van der Waals surface area contributed by atoms with Crippen LogP contribution in [-0.2, 0) is 11.2 Å². The molecule has 24 heavy (non-hydrogen) atoms. The van der Waals surface area contributed by atoms with E-state index in [4.69, 9.17) is 12.2 Å². The Morgan fingerprint density at radius 1 is 1.33 bits per heavy atom. The Morgan fingerprint density at radius 3 is 2.79 bits per heavy atom. The van der Waals surface area contributed by atoms with E-state index in [0.717, 1.165) is 29.8 Å². The Hall–Kier alpha value is -2.00. The lowest BCUT2D eigenvalue weighted by molar-refractivity contribution is -0.121. The highest BCUT2D eigenvalue weighted by Crippen LogP contribution is 2.25. The quantitative estimate of drug-likeness (QED) is 0.363. The fourth-order valence-corrected chi connectivity index (χ4v) is 3.33. The molecule has 0 aliphatic rings. The van der Waals surface area contributed by atoms with Crippen molar-refractivity contribution in [3.05, 3.63) is 26.6 Å². The summed E-state index contributed by atoms with van der Waals surface area (Å²) in [5.74, 6) is 0.0000482. The molecule has 7 nitrogen and oxygen atoms in total. The molecule has 0 spiro atoms. The minimum atomic E-state index is -0.331. The smallest absolute Gasteiger partial charge is 0.259 e. The van der Waals surface area contributed by atoms with Crippen molar-refractivity contribution in [2.75, 3.05) is 6.54 Å². The molecule has 2 heterocycles. The third-order valence-corrected chi connectivity index (χ3v) is 4.89. The summed E-state index contributed by atoms with van der Waals surface area (Å²) in [7, 11) is 0. The number of H-pyrrole nitrogens is 1. The average Bonchev–Trinajstić information content (AvgIpc) is 2.80. The van der Waals surface area contributed by atoms with E-state index in [9.17, 15) is 9.59 Å². The maximum absolute atomic E-state index is 12.2. The Kier molecular flexibility index (Phi) is 6.27. The van der Waals surface area contributed by atoms with Crippen molar-refractivity contribution in [2.24, 2.45) is 0 Å². The van der Waals surface area contributed by atoms with Crippen LogP contribution in [0.25, 0.3) is 10.2 Å². The van der Waals surface area contributed by atoms with Gasteiger partial charge in [0, 0.05) is 11.4 Å². The standard InChI is InChI=1S/C15H21N5O2S2/c1-4-5-6-16-15(23)20-19-11(21)7-10-17-13(22)12-8(2)9(3)24-14(12)18-10/h4-7H2,1-3H3,(H,19,21)(H2,16,20,23)(H,17,18,22). The summed E-state index contributed by atoms with van der Waals surface area (Å²) in [6.45, 7) is 6.68. The zero-order valence-corrected chi connectivity index (χ0v) is 15.5. The highest BCUT2D eigenvalue weighted by atomic mass is 32.1. The SMILES string of the molecule is CCCCNC(=S)NNC(=O)Cc1nc2sc(C)c(C)c2c(=O)[nH]1. The van der Waals surface area contributed by atoms with Crippen LogP contribution < -0.4 is 21.7 Å². The molecule has 9 heteroatoms. The molecule has 0 radical (unpaired) electrons. The van der Waals surface area contributed by atoms with Gasteiger partial charge in [0.2, 0.25) is 5.91 Å². The predicted molar refractivity (Wildman–Crippen MR) is 100 cm³/mol. The number of unbranched alkanes of at least 4 members (excludes halogenated alkanes) is 1. The first kappa shape index (κ1) is 18.3. The minimum absolute atomic E-state index is 0.0360. The van der Waals surface area contributed by atoms with Gasteiger partial charge in [-0.25, -0.2) is 4.98 Å². The number of nitrogens with one attached hydrogen (secondary N) is 4. The number of hydrazine groups is 1. The fraction of sp³-hybridized carbons (Fsp3) is 0.467. The molecule has 0 bridgehead atoms. The Bertz CT molecular complexity index is 812. The molecule has 130 valence electrons. The largest absolute Gasteiger partial charge is 0.361 e. The second-order valence-corrected chi connectivity index (χ2v) is 7.05. The number of fused-ring (bicyclic) bond motifs is 1. The number of carbonyl (C=O) groups is 1. The minimum Gasteiger partial charge on any atom is -0.361 e. The van der Waals surface area contributed by atoms with E-state index in [1.165, 1.54) is 11.3 Å². The molecule has 2 aromatic rings. The molecule has 0 saturated heterocycles. The van der Waals surface area contributed by atoms with Crippen LogP contribution in [-0.4, -0.2) is 27.5 Å². The van der Waals surface area contributed by atoms with E-state index in [1.807, 2.05) is 13.8 Å². The number of thiophene rings is 1. The van der Waals surface area contributed by atoms with Crippen molar-refractivity contribution in [3.8, 4) is 0 Å². The maximum Gasteiger partial charge on any atom is 0.259 e. The van der Waals surface area contributed by atoms with Crippen LogP contribution in [0.5, 0.6) is 0 Å². The van der Waals surface area contributed by atoms with Crippen LogP contribution in [0.15, 0.2) is 4.79 Å². The van der Waals surface area contributed by atoms with Crippen molar-refractivity contribution in [1.82, 2.24) is 26.1 Å². The van der Waals surface area contributed by atoms with Gasteiger partial charge in [-0.05, 0) is 38.0 Å². The topological polar surface area (TPSA) is 98.9 Å². The number of amides is 1. The number of thiocarbonyl (C=S) groups is 1. The molecular weight excluding hydrogens is 346 g/mol. The maximum atomic E-state index is 12.2. The Labute approximate surface area is 149 Å². The number of rotatable bonds is 5. The van der Waals surface area contributed by atoms with E-state index in [2.05, 4.69) is 33.1 Å². The monoisotopic (exact) mass is 367 g/mol. The highest BCUT2D eigenvalue weighted by molar-refractivity contribution is 7.80. The first-order chi connectivity index (χ1) is 11.4. The van der Waals surface area contributed by atoms with Crippen LogP contribution in [0.1, 0.15) is 36.0 Å². The number of nitrogens with zero attached hydrogens (tertiary/aromatic N) is 1. The molecule has 0 saturated carbocycles. The van der Waals surface area contributed by atoms with Crippen LogP contribution in [0.2, 0.25) is 0 Å². The summed E-state index contributed by atoms with van der Waals surface area (Å²) in [5, 5.41) is 3.94. The molecule has 2 rings (SSSR count). The summed E-state index contributed by atoms with van der Waals surface area (Å²) in [4.78, 5) is 32.9.